The number of alkyl halides is 2. The average Bonchev–Trinajstić information content (AvgIpc) is 2.87. The molecule has 0 saturated carbocycles. The van der Waals surface area contributed by atoms with Gasteiger partial charge in [-0.15, -0.1) is 0 Å². The molecule has 1 aromatic carbocycles. The smallest absolute Gasteiger partial charge is 0.387 e. The van der Waals surface area contributed by atoms with Crippen molar-refractivity contribution in [3.05, 3.63) is 51.7 Å². The Kier molecular flexibility index (Phi) is 4.66. The van der Waals surface area contributed by atoms with E-state index in [1.165, 1.54) is 35.6 Å². The lowest BCUT2D eigenvalue weighted by Gasteiger charge is -2.10. The van der Waals surface area contributed by atoms with Gasteiger partial charge in [-0.1, -0.05) is 12.1 Å². The number of Topliss-reactive ketones (excluding diaryl/α,β-unsaturated/α-hetero) is 1. The van der Waals surface area contributed by atoms with E-state index in [1.807, 2.05) is 11.4 Å². The molecular formula is C15H11F2NO2S. The van der Waals surface area contributed by atoms with Gasteiger partial charge < -0.3 is 4.74 Å². The molecule has 0 fully saturated rings. The second kappa shape index (κ2) is 6.46. The van der Waals surface area contributed by atoms with Crippen molar-refractivity contribution in [1.29, 1.82) is 5.26 Å². The number of benzene rings is 1. The van der Waals surface area contributed by atoms with E-state index < -0.39 is 12.5 Å². The van der Waals surface area contributed by atoms with E-state index >= 15 is 0 Å². The summed E-state index contributed by atoms with van der Waals surface area (Å²) in [6, 6.07) is 7.50. The summed E-state index contributed by atoms with van der Waals surface area (Å²) in [4.78, 5) is 12.4. The summed E-state index contributed by atoms with van der Waals surface area (Å²) in [5.41, 5.74) is 1.79. The zero-order valence-electron chi connectivity index (χ0n) is 11.0. The number of carbonyl (C=O) groups excluding carboxylic acids is 1. The van der Waals surface area contributed by atoms with Crippen LogP contribution in [0, 0.1) is 18.3 Å². The fourth-order valence-electron chi connectivity index (χ4n) is 1.89. The first-order valence-corrected chi connectivity index (χ1v) is 6.98. The van der Waals surface area contributed by atoms with Gasteiger partial charge in [0.2, 0.25) is 0 Å². The molecule has 0 radical (unpaired) electrons. The molecule has 0 aliphatic rings. The van der Waals surface area contributed by atoms with Crippen LogP contribution in [0.15, 0.2) is 35.0 Å². The van der Waals surface area contributed by atoms with Gasteiger partial charge in [0.1, 0.15) is 11.7 Å². The van der Waals surface area contributed by atoms with E-state index in [2.05, 4.69) is 4.74 Å². The fourth-order valence-corrected chi connectivity index (χ4v) is 2.73. The highest BCUT2D eigenvalue weighted by molar-refractivity contribution is 7.08. The van der Waals surface area contributed by atoms with Gasteiger partial charge in [0.25, 0.3) is 0 Å². The van der Waals surface area contributed by atoms with Crippen LogP contribution in [-0.2, 0) is 0 Å². The van der Waals surface area contributed by atoms with Crippen LogP contribution in [-0.4, -0.2) is 12.4 Å². The molecular weight excluding hydrogens is 296 g/mol. The molecule has 6 heteroatoms. The van der Waals surface area contributed by atoms with Crippen LogP contribution >= 0.6 is 11.3 Å². The lowest BCUT2D eigenvalue weighted by molar-refractivity contribution is -0.0498. The van der Waals surface area contributed by atoms with Crippen molar-refractivity contribution in [2.24, 2.45) is 0 Å². The van der Waals surface area contributed by atoms with Gasteiger partial charge in [-0.2, -0.15) is 25.4 Å². The first kappa shape index (κ1) is 15.1. The SMILES string of the molecule is Cc1cscc1C(=O)C(C#N)c1ccc(OC(F)F)cc1. The molecule has 108 valence electrons. The Morgan fingerprint density at radius 1 is 1.29 bits per heavy atom. The molecule has 2 rings (SSSR count). The van der Waals surface area contributed by atoms with E-state index in [0.29, 0.717) is 11.1 Å². The fraction of sp³-hybridized carbons (Fsp3) is 0.200. The minimum absolute atomic E-state index is 0.00963. The van der Waals surface area contributed by atoms with Gasteiger partial charge in [0, 0.05) is 10.9 Å². The number of rotatable bonds is 5. The summed E-state index contributed by atoms with van der Waals surface area (Å²) in [6.07, 6.45) is 0. The Morgan fingerprint density at radius 2 is 1.95 bits per heavy atom. The predicted molar refractivity (Wildman–Crippen MR) is 74.8 cm³/mol. The number of ketones is 1. The predicted octanol–water partition coefficient (Wildman–Crippen LogP) is 4.15. The third kappa shape index (κ3) is 3.44. The molecule has 1 unspecified atom stereocenters. The van der Waals surface area contributed by atoms with Crippen molar-refractivity contribution < 1.29 is 18.3 Å². The third-order valence-electron chi connectivity index (χ3n) is 2.95. The lowest BCUT2D eigenvalue weighted by atomic mass is 9.92. The van der Waals surface area contributed by atoms with E-state index in [-0.39, 0.29) is 11.5 Å². The highest BCUT2D eigenvalue weighted by Gasteiger charge is 2.23. The minimum atomic E-state index is -2.90. The monoisotopic (exact) mass is 307 g/mol. The zero-order chi connectivity index (χ0) is 15.4. The summed E-state index contributed by atoms with van der Waals surface area (Å²) in [5.74, 6) is -1.26. The number of carbonyl (C=O) groups is 1. The zero-order valence-corrected chi connectivity index (χ0v) is 11.9. The molecule has 1 aromatic heterocycles. The molecule has 0 N–H and O–H groups in total. The van der Waals surface area contributed by atoms with E-state index in [4.69, 9.17) is 0 Å². The second-order valence-electron chi connectivity index (χ2n) is 4.34. The maximum Gasteiger partial charge on any atom is 0.387 e. The van der Waals surface area contributed by atoms with Crippen LogP contribution < -0.4 is 4.74 Å². The third-order valence-corrected chi connectivity index (χ3v) is 3.81. The number of aryl methyl sites for hydroxylation is 1. The van der Waals surface area contributed by atoms with Gasteiger partial charge in [-0.05, 0) is 35.6 Å². The van der Waals surface area contributed by atoms with Gasteiger partial charge in [-0.25, -0.2) is 0 Å². The number of hydrogen-bond acceptors (Lipinski definition) is 4. The van der Waals surface area contributed by atoms with E-state index in [1.54, 1.807) is 12.3 Å². The molecule has 1 atom stereocenters. The number of nitrogens with zero attached hydrogens (tertiary/aromatic N) is 1. The van der Waals surface area contributed by atoms with Gasteiger partial charge in [0.05, 0.1) is 6.07 Å². The van der Waals surface area contributed by atoms with E-state index in [9.17, 15) is 18.8 Å². The quantitative estimate of drug-likeness (QED) is 0.780. The second-order valence-corrected chi connectivity index (χ2v) is 5.09. The van der Waals surface area contributed by atoms with Gasteiger partial charge >= 0.3 is 6.61 Å². The Morgan fingerprint density at radius 3 is 2.43 bits per heavy atom. The molecule has 0 spiro atoms. The van der Waals surface area contributed by atoms with Crippen molar-refractivity contribution in [2.45, 2.75) is 19.5 Å². The van der Waals surface area contributed by atoms with Gasteiger partial charge in [-0.3, -0.25) is 4.79 Å². The number of nitriles is 1. The largest absolute Gasteiger partial charge is 0.435 e. The normalized spacial score (nSPS) is 12.0. The number of hydrogen-bond donors (Lipinski definition) is 0. The summed E-state index contributed by atoms with van der Waals surface area (Å²) < 4.78 is 28.4. The summed E-state index contributed by atoms with van der Waals surface area (Å²) >= 11 is 1.39. The van der Waals surface area contributed by atoms with Crippen LogP contribution in [0.4, 0.5) is 8.78 Å². The van der Waals surface area contributed by atoms with E-state index in [0.717, 1.165) is 5.56 Å². The van der Waals surface area contributed by atoms with Crippen molar-refractivity contribution in [3.63, 3.8) is 0 Å². The molecule has 0 saturated heterocycles. The Labute approximate surface area is 124 Å². The van der Waals surface area contributed by atoms with Crippen molar-refractivity contribution in [3.8, 4) is 11.8 Å². The van der Waals surface area contributed by atoms with Crippen LogP contribution in [0.2, 0.25) is 0 Å². The number of thiophene rings is 1. The first-order chi connectivity index (χ1) is 10.0. The summed E-state index contributed by atoms with van der Waals surface area (Å²) in [5, 5.41) is 12.8. The molecule has 1 heterocycles. The average molecular weight is 307 g/mol. The van der Waals surface area contributed by atoms with Gasteiger partial charge in [0.15, 0.2) is 5.78 Å². The highest BCUT2D eigenvalue weighted by atomic mass is 32.1. The summed E-state index contributed by atoms with van der Waals surface area (Å²) in [7, 11) is 0. The number of ether oxygens (including phenoxy) is 1. The standard InChI is InChI=1S/C15H11F2NO2S/c1-9-7-21-8-13(9)14(19)12(6-18)10-2-4-11(5-3-10)20-15(16)17/h2-5,7-8,12,15H,1H3. The van der Waals surface area contributed by atoms with Crippen LogP contribution in [0.3, 0.4) is 0 Å². The molecule has 0 amide bonds. The van der Waals surface area contributed by atoms with Crippen LogP contribution in [0.25, 0.3) is 0 Å². The molecule has 2 aromatic rings. The van der Waals surface area contributed by atoms with Crippen molar-refractivity contribution in [2.75, 3.05) is 0 Å². The Balaban J connectivity index is 2.24. The van der Waals surface area contributed by atoms with Crippen molar-refractivity contribution >= 4 is 17.1 Å². The number of halogens is 2. The first-order valence-electron chi connectivity index (χ1n) is 6.04. The topological polar surface area (TPSA) is 50.1 Å². The molecule has 0 aliphatic heterocycles. The molecule has 0 aliphatic carbocycles. The maximum absolute atomic E-state index is 12.4. The Hall–Kier alpha value is -2.26. The van der Waals surface area contributed by atoms with Crippen LogP contribution in [0.5, 0.6) is 5.75 Å². The lowest BCUT2D eigenvalue weighted by Crippen LogP contribution is -2.11. The maximum atomic E-state index is 12.4. The summed E-state index contributed by atoms with van der Waals surface area (Å²) in [6.45, 7) is -1.10. The molecule has 21 heavy (non-hydrogen) atoms. The molecule has 3 nitrogen and oxygen atoms in total. The molecule has 0 bridgehead atoms. The van der Waals surface area contributed by atoms with Crippen molar-refractivity contribution in [1.82, 2.24) is 0 Å². The minimum Gasteiger partial charge on any atom is -0.435 e. The Bertz CT molecular complexity index is 674. The van der Waals surface area contributed by atoms with Crippen LogP contribution in [0.1, 0.15) is 27.4 Å². The highest BCUT2D eigenvalue weighted by Crippen LogP contribution is 2.26.